The normalized spacial score (nSPS) is 11.6. The summed E-state index contributed by atoms with van der Waals surface area (Å²) in [7, 11) is -2.44. The number of rotatable bonds is 4. The molecule has 1 rings (SSSR count). The second-order valence-corrected chi connectivity index (χ2v) is 4.64. The third-order valence-electron chi connectivity index (χ3n) is 1.77. The molecule has 0 saturated heterocycles. The number of para-hydroxylation sites is 1. The molecule has 0 fully saturated rings. The Labute approximate surface area is 92.9 Å². The summed E-state index contributed by atoms with van der Waals surface area (Å²) in [5, 5.41) is 9.00. The Balaban J connectivity index is 3.22. The van der Waals surface area contributed by atoms with Crippen LogP contribution in [0, 0.1) is 0 Å². The predicted molar refractivity (Wildman–Crippen MR) is 57.0 cm³/mol. The molecular weight excluding hydrogens is 232 g/mol. The van der Waals surface area contributed by atoms with Crippen LogP contribution in [-0.4, -0.2) is 26.6 Å². The van der Waals surface area contributed by atoms with E-state index in [4.69, 9.17) is 9.84 Å². The van der Waals surface area contributed by atoms with E-state index >= 15 is 0 Å². The van der Waals surface area contributed by atoms with Gasteiger partial charge in [0.05, 0.1) is 7.11 Å². The maximum Gasteiger partial charge on any atom is 0.329 e. The van der Waals surface area contributed by atoms with E-state index in [0.717, 1.165) is 0 Å². The fourth-order valence-electron chi connectivity index (χ4n) is 1.07. The zero-order valence-electron chi connectivity index (χ0n) is 8.45. The van der Waals surface area contributed by atoms with Gasteiger partial charge in [-0.25, -0.2) is 13.2 Å². The van der Waals surface area contributed by atoms with Gasteiger partial charge in [0.15, 0.2) is 0 Å². The number of hydrogen-bond donors (Lipinski definition) is 1. The summed E-state index contributed by atoms with van der Waals surface area (Å²) in [4.78, 5) is 10.2. The van der Waals surface area contributed by atoms with Crippen LogP contribution in [0.15, 0.2) is 40.6 Å². The Hall–Kier alpha value is -1.82. The zero-order valence-corrected chi connectivity index (χ0v) is 9.27. The van der Waals surface area contributed by atoms with Crippen molar-refractivity contribution in [3.8, 4) is 5.75 Å². The first-order valence-corrected chi connectivity index (χ1v) is 5.81. The molecule has 86 valence electrons. The number of aliphatic carboxylic acids is 1. The average molecular weight is 242 g/mol. The van der Waals surface area contributed by atoms with Gasteiger partial charge in [-0.3, -0.25) is 0 Å². The van der Waals surface area contributed by atoms with Gasteiger partial charge in [-0.1, -0.05) is 12.1 Å². The highest BCUT2D eigenvalue weighted by Gasteiger charge is 2.15. The van der Waals surface area contributed by atoms with Crippen LogP contribution < -0.4 is 4.74 Å². The van der Waals surface area contributed by atoms with E-state index in [2.05, 4.69) is 0 Å². The first-order valence-electron chi connectivity index (χ1n) is 4.26. The Morgan fingerprint density at radius 3 is 2.56 bits per heavy atom. The van der Waals surface area contributed by atoms with Gasteiger partial charge in [0.2, 0.25) is 9.84 Å². The van der Waals surface area contributed by atoms with E-state index in [0.29, 0.717) is 11.5 Å². The highest BCUT2D eigenvalue weighted by molar-refractivity contribution is 7.94. The highest BCUT2D eigenvalue weighted by Crippen LogP contribution is 2.24. The van der Waals surface area contributed by atoms with E-state index in [9.17, 15) is 13.2 Å². The Morgan fingerprint density at radius 1 is 1.38 bits per heavy atom. The number of benzene rings is 1. The second-order valence-electron chi connectivity index (χ2n) is 2.84. The Kier molecular flexibility index (Phi) is 3.68. The lowest BCUT2D eigenvalue weighted by Gasteiger charge is -2.05. The van der Waals surface area contributed by atoms with Crippen LogP contribution in [0.5, 0.6) is 5.75 Å². The van der Waals surface area contributed by atoms with E-state index < -0.39 is 15.8 Å². The summed E-state index contributed by atoms with van der Waals surface area (Å²) in [5.41, 5.74) is 0. The van der Waals surface area contributed by atoms with Crippen LogP contribution in [0.25, 0.3) is 0 Å². The minimum Gasteiger partial charge on any atom is -0.495 e. The minimum absolute atomic E-state index is 0.0602. The first kappa shape index (κ1) is 12.3. The van der Waals surface area contributed by atoms with Gasteiger partial charge in [-0.15, -0.1) is 0 Å². The number of methoxy groups -OCH3 is 1. The van der Waals surface area contributed by atoms with Crippen molar-refractivity contribution < 1.29 is 23.1 Å². The summed E-state index contributed by atoms with van der Waals surface area (Å²) in [5.74, 6) is -1.14. The summed E-state index contributed by atoms with van der Waals surface area (Å²) >= 11 is 0. The van der Waals surface area contributed by atoms with Crippen molar-refractivity contribution in [3.63, 3.8) is 0 Å². The van der Waals surface area contributed by atoms with Crippen molar-refractivity contribution in [3.05, 3.63) is 35.7 Å². The molecule has 1 aromatic rings. The van der Waals surface area contributed by atoms with Gasteiger partial charge in [0, 0.05) is 11.5 Å². The molecule has 0 amide bonds. The Bertz CT molecular complexity index is 516. The Morgan fingerprint density at radius 2 is 2.00 bits per heavy atom. The molecule has 0 saturated carbocycles. The number of sulfone groups is 1. The van der Waals surface area contributed by atoms with E-state index in [1.165, 1.54) is 25.3 Å². The fourth-order valence-corrected chi connectivity index (χ4v) is 2.22. The summed E-state index contributed by atoms with van der Waals surface area (Å²) in [6, 6.07) is 5.99. The van der Waals surface area contributed by atoms with Crippen molar-refractivity contribution in [2.24, 2.45) is 0 Å². The van der Waals surface area contributed by atoms with Crippen molar-refractivity contribution >= 4 is 15.8 Å². The molecule has 5 nitrogen and oxygen atoms in total. The van der Waals surface area contributed by atoms with Crippen molar-refractivity contribution in [1.29, 1.82) is 0 Å². The molecule has 16 heavy (non-hydrogen) atoms. The average Bonchev–Trinajstić information content (AvgIpc) is 2.26. The largest absolute Gasteiger partial charge is 0.495 e. The SMILES string of the molecule is COc1ccccc1S(=O)(=O)/C=C/C(=O)O. The van der Waals surface area contributed by atoms with Gasteiger partial charge in [-0.2, -0.15) is 0 Å². The number of carboxylic acids is 1. The molecular formula is C10H10O5S. The highest BCUT2D eigenvalue weighted by atomic mass is 32.2. The molecule has 1 aromatic carbocycles. The van der Waals surface area contributed by atoms with Gasteiger partial charge in [-0.05, 0) is 12.1 Å². The topological polar surface area (TPSA) is 80.7 Å². The minimum atomic E-state index is -3.78. The zero-order chi connectivity index (χ0) is 12.2. The molecule has 6 heteroatoms. The number of carbonyl (C=O) groups is 1. The molecule has 0 heterocycles. The van der Waals surface area contributed by atoms with Gasteiger partial charge >= 0.3 is 5.97 Å². The lowest BCUT2D eigenvalue weighted by atomic mass is 10.3. The summed E-state index contributed by atoms with van der Waals surface area (Å²) < 4.78 is 28.3. The van der Waals surface area contributed by atoms with E-state index in [-0.39, 0.29) is 10.6 Å². The molecule has 0 radical (unpaired) electrons. The molecule has 0 aliphatic rings. The maximum absolute atomic E-state index is 11.7. The molecule has 0 spiro atoms. The number of carboxylic acid groups (broad SMARTS) is 1. The molecule has 0 aliphatic heterocycles. The molecule has 1 N–H and O–H groups in total. The third-order valence-corrected chi connectivity index (χ3v) is 3.21. The standard InChI is InChI=1S/C10H10O5S/c1-15-8-4-2-3-5-9(8)16(13,14)7-6-10(11)12/h2-7H,1H3,(H,11,12)/b7-6+. The van der Waals surface area contributed by atoms with Crippen LogP contribution in [0.4, 0.5) is 0 Å². The second kappa shape index (κ2) is 4.80. The molecule has 0 aromatic heterocycles. The predicted octanol–water partition coefficient (Wildman–Crippen LogP) is 1.07. The first-order chi connectivity index (χ1) is 7.47. The summed E-state index contributed by atoms with van der Waals surface area (Å²) in [6.45, 7) is 0. The summed E-state index contributed by atoms with van der Waals surface area (Å²) in [6.07, 6.45) is 0.571. The lowest BCUT2D eigenvalue weighted by molar-refractivity contribution is -0.131. The van der Waals surface area contributed by atoms with Crippen LogP contribution in [0.2, 0.25) is 0 Å². The van der Waals surface area contributed by atoms with Crippen LogP contribution in [-0.2, 0) is 14.6 Å². The van der Waals surface area contributed by atoms with Gasteiger partial charge in [0.1, 0.15) is 10.6 Å². The fraction of sp³-hybridized carbons (Fsp3) is 0.100. The quantitative estimate of drug-likeness (QED) is 0.799. The van der Waals surface area contributed by atoms with Gasteiger partial charge < -0.3 is 9.84 Å². The number of ether oxygens (including phenoxy) is 1. The lowest BCUT2D eigenvalue weighted by Crippen LogP contribution is -2.01. The van der Waals surface area contributed by atoms with Crippen molar-refractivity contribution in [2.75, 3.05) is 7.11 Å². The van der Waals surface area contributed by atoms with Gasteiger partial charge in [0.25, 0.3) is 0 Å². The maximum atomic E-state index is 11.7. The molecule has 0 aliphatic carbocycles. The molecule has 0 unspecified atom stereocenters. The van der Waals surface area contributed by atoms with E-state index in [1.807, 2.05) is 0 Å². The molecule has 0 bridgehead atoms. The monoisotopic (exact) mass is 242 g/mol. The van der Waals surface area contributed by atoms with Crippen molar-refractivity contribution in [1.82, 2.24) is 0 Å². The van der Waals surface area contributed by atoms with Crippen LogP contribution in [0.3, 0.4) is 0 Å². The molecule has 0 atom stereocenters. The third kappa shape index (κ3) is 2.83. The number of hydrogen-bond acceptors (Lipinski definition) is 4. The van der Waals surface area contributed by atoms with Crippen molar-refractivity contribution in [2.45, 2.75) is 4.90 Å². The van der Waals surface area contributed by atoms with Crippen LogP contribution >= 0.6 is 0 Å². The smallest absolute Gasteiger partial charge is 0.329 e. The van der Waals surface area contributed by atoms with Crippen LogP contribution in [0.1, 0.15) is 0 Å². The van der Waals surface area contributed by atoms with E-state index in [1.54, 1.807) is 6.07 Å².